The molecule has 2 aliphatic rings. The zero-order valence-corrected chi connectivity index (χ0v) is 18.1. The summed E-state index contributed by atoms with van der Waals surface area (Å²) in [5, 5.41) is 9.87. The molecule has 31 heavy (non-hydrogen) atoms. The highest BCUT2D eigenvalue weighted by atomic mass is 35.5. The van der Waals surface area contributed by atoms with Crippen molar-refractivity contribution < 1.29 is 9.53 Å². The average Bonchev–Trinajstić information content (AvgIpc) is 2.75. The number of halogens is 1. The number of amides is 1. The van der Waals surface area contributed by atoms with Gasteiger partial charge in [0.25, 0.3) is 0 Å². The van der Waals surface area contributed by atoms with Crippen molar-refractivity contribution in [3.05, 3.63) is 63.9 Å². The van der Waals surface area contributed by atoms with Crippen LogP contribution in [0.2, 0.25) is 5.02 Å². The number of carbonyl (C=O) groups excluding carboxylic acids is 1. The molecule has 0 radical (unpaired) electrons. The molecule has 0 aliphatic carbocycles. The van der Waals surface area contributed by atoms with Crippen molar-refractivity contribution in [3.63, 3.8) is 0 Å². The minimum Gasteiger partial charge on any atom is -0.381 e. The first-order valence-electron chi connectivity index (χ1n) is 10.3. The molecule has 2 N–H and O–H groups in total. The number of hydrogen-bond acceptors (Lipinski definition) is 6. The summed E-state index contributed by atoms with van der Waals surface area (Å²) in [7, 11) is 0. The number of nitrogens with two attached hydrogens (primary N) is 1. The Labute approximate surface area is 186 Å². The second-order valence-corrected chi connectivity index (χ2v) is 8.47. The van der Waals surface area contributed by atoms with Gasteiger partial charge in [-0.15, -0.1) is 0 Å². The first-order valence-corrected chi connectivity index (χ1v) is 10.7. The molecule has 8 heteroatoms. The third kappa shape index (κ3) is 4.14. The maximum Gasteiger partial charge on any atom is 0.232 e. The Balaban J connectivity index is 1.66. The molecule has 0 saturated carbocycles. The third-order valence-corrected chi connectivity index (χ3v) is 6.40. The lowest BCUT2D eigenvalue weighted by Gasteiger charge is -2.40. The van der Waals surface area contributed by atoms with Gasteiger partial charge in [0.1, 0.15) is 6.07 Å². The van der Waals surface area contributed by atoms with Crippen molar-refractivity contribution >= 4 is 23.5 Å². The van der Waals surface area contributed by atoms with E-state index in [0.29, 0.717) is 35.9 Å². The van der Waals surface area contributed by atoms with E-state index in [2.05, 4.69) is 11.1 Å². The van der Waals surface area contributed by atoms with Crippen LogP contribution in [0.25, 0.3) is 0 Å². The quantitative estimate of drug-likeness (QED) is 0.791. The van der Waals surface area contributed by atoms with Crippen molar-refractivity contribution in [1.82, 2.24) is 9.88 Å². The van der Waals surface area contributed by atoms with Crippen molar-refractivity contribution in [2.75, 3.05) is 13.2 Å². The van der Waals surface area contributed by atoms with E-state index in [9.17, 15) is 10.1 Å². The minimum atomic E-state index is -0.863. The highest BCUT2D eigenvalue weighted by molar-refractivity contribution is 6.32. The standard InChI is InChI=1S/C23H24ClN5O2/c1-23(13-20(30)29(22(26)28-23)17-7-10-31-11-8-17)18-6-2-4-15(21(18)24)12-19-16(14-25)5-3-9-27-19/h2-6,9,17H,7-8,10-13H2,1H3,(H2,26,28)/t23-/m0/s1. The zero-order valence-electron chi connectivity index (χ0n) is 17.3. The van der Waals surface area contributed by atoms with Gasteiger partial charge in [-0.2, -0.15) is 5.26 Å². The van der Waals surface area contributed by atoms with Gasteiger partial charge in [-0.1, -0.05) is 29.8 Å². The number of carbonyl (C=O) groups is 1. The number of rotatable bonds is 4. The molecule has 2 aromatic rings. The summed E-state index contributed by atoms with van der Waals surface area (Å²) in [6.07, 6.45) is 3.75. The van der Waals surface area contributed by atoms with Gasteiger partial charge in [0.2, 0.25) is 5.91 Å². The predicted molar refractivity (Wildman–Crippen MR) is 117 cm³/mol. The zero-order chi connectivity index (χ0) is 22.0. The van der Waals surface area contributed by atoms with Crippen LogP contribution in [0.1, 0.15) is 48.6 Å². The Bertz CT molecular complexity index is 1070. The van der Waals surface area contributed by atoms with Crippen LogP contribution in [0.4, 0.5) is 0 Å². The van der Waals surface area contributed by atoms with E-state index in [1.54, 1.807) is 23.2 Å². The van der Waals surface area contributed by atoms with Crippen LogP contribution in [0.5, 0.6) is 0 Å². The van der Waals surface area contributed by atoms with Gasteiger partial charge >= 0.3 is 0 Å². The second kappa shape index (κ2) is 8.66. The van der Waals surface area contributed by atoms with E-state index >= 15 is 0 Å². The summed E-state index contributed by atoms with van der Waals surface area (Å²) < 4.78 is 5.40. The van der Waals surface area contributed by atoms with E-state index in [4.69, 9.17) is 27.1 Å². The lowest BCUT2D eigenvalue weighted by Crippen LogP contribution is -2.55. The van der Waals surface area contributed by atoms with Crippen LogP contribution >= 0.6 is 11.6 Å². The molecule has 1 fully saturated rings. The largest absolute Gasteiger partial charge is 0.381 e. The molecule has 3 heterocycles. The Morgan fingerprint density at radius 2 is 2.10 bits per heavy atom. The van der Waals surface area contributed by atoms with Crippen LogP contribution < -0.4 is 5.73 Å². The molecule has 0 unspecified atom stereocenters. The van der Waals surface area contributed by atoms with Crippen LogP contribution in [0, 0.1) is 11.3 Å². The number of nitrogens with zero attached hydrogens (tertiary/aromatic N) is 4. The van der Waals surface area contributed by atoms with E-state index in [1.165, 1.54) is 0 Å². The monoisotopic (exact) mass is 437 g/mol. The first kappa shape index (κ1) is 21.3. The Morgan fingerprint density at radius 1 is 1.32 bits per heavy atom. The predicted octanol–water partition coefficient (Wildman–Crippen LogP) is 3.14. The van der Waals surface area contributed by atoms with Crippen molar-refractivity contribution in [3.8, 4) is 6.07 Å². The van der Waals surface area contributed by atoms with Gasteiger partial charge in [0, 0.05) is 36.9 Å². The molecule has 4 rings (SSSR count). The maximum atomic E-state index is 13.1. The summed E-state index contributed by atoms with van der Waals surface area (Å²) >= 11 is 6.80. The number of pyridine rings is 1. The first-order chi connectivity index (χ1) is 14.9. The Hall–Kier alpha value is -2.95. The molecular formula is C23H24ClN5O2. The number of nitriles is 1. The van der Waals surface area contributed by atoms with E-state index in [1.807, 2.05) is 25.1 Å². The molecule has 160 valence electrons. The van der Waals surface area contributed by atoms with Crippen molar-refractivity contribution in [1.29, 1.82) is 5.26 Å². The number of hydrogen-bond donors (Lipinski definition) is 1. The molecule has 7 nitrogen and oxygen atoms in total. The fourth-order valence-corrected chi connectivity index (χ4v) is 4.73. The molecule has 1 amide bonds. The summed E-state index contributed by atoms with van der Waals surface area (Å²) in [5.41, 5.74) is 8.15. The molecule has 0 spiro atoms. The molecule has 0 bridgehead atoms. The van der Waals surface area contributed by atoms with E-state index in [-0.39, 0.29) is 24.3 Å². The van der Waals surface area contributed by atoms with Gasteiger partial charge in [-0.25, -0.2) is 4.99 Å². The molecule has 1 atom stereocenters. The second-order valence-electron chi connectivity index (χ2n) is 8.09. The average molecular weight is 438 g/mol. The summed E-state index contributed by atoms with van der Waals surface area (Å²) in [6.45, 7) is 3.11. The summed E-state index contributed by atoms with van der Waals surface area (Å²) in [6, 6.07) is 11.3. The van der Waals surface area contributed by atoms with Crippen LogP contribution in [0.3, 0.4) is 0 Å². The van der Waals surface area contributed by atoms with Gasteiger partial charge < -0.3 is 10.5 Å². The fraction of sp³-hybridized carbons (Fsp3) is 0.391. The number of aromatic nitrogens is 1. The third-order valence-electron chi connectivity index (χ3n) is 5.96. The number of benzene rings is 1. The Morgan fingerprint density at radius 3 is 2.81 bits per heavy atom. The van der Waals surface area contributed by atoms with Crippen molar-refractivity contribution in [2.45, 2.75) is 44.2 Å². The van der Waals surface area contributed by atoms with Crippen molar-refractivity contribution in [2.24, 2.45) is 10.7 Å². The van der Waals surface area contributed by atoms with Crippen LogP contribution in [-0.2, 0) is 21.5 Å². The molecule has 1 aromatic heterocycles. The smallest absolute Gasteiger partial charge is 0.232 e. The maximum absolute atomic E-state index is 13.1. The molecule has 1 aromatic carbocycles. The van der Waals surface area contributed by atoms with Gasteiger partial charge in [-0.3, -0.25) is 14.7 Å². The highest BCUT2D eigenvalue weighted by Gasteiger charge is 2.41. The number of aliphatic imine (C=N–C) groups is 1. The highest BCUT2D eigenvalue weighted by Crippen LogP contribution is 2.39. The van der Waals surface area contributed by atoms with E-state index in [0.717, 1.165) is 24.0 Å². The lowest BCUT2D eigenvalue weighted by molar-refractivity contribution is -0.132. The molecule has 1 saturated heterocycles. The molecule has 2 aliphatic heterocycles. The van der Waals surface area contributed by atoms with Crippen LogP contribution in [-0.4, -0.2) is 41.0 Å². The SMILES string of the molecule is C[C@@]1(c2cccc(Cc3ncccc3C#N)c2Cl)CC(=O)N(C2CCOCC2)C(N)=N1. The molecular weight excluding hydrogens is 414 g/mol. The van der Waals surface area contributed by atoms with Gasteiger partial charge in [0.15, 0.2) is 5.96 Å². The van der Waals surface area contributed by atoms with Gasteiger partial charge in [0.05, 0.1) is 23.2 Å². The summed E-state index contributed by atoms with van der Waals surface area (Å²) in [4.78, 5) is 23.8. The van der Waals surface area contributed by atoms with Gasteiger partial charge in [-0.05, 0) is 43.0 Å². The number of ether oxygens (including phenoxy) is 1. The minimum absolute atomic E-state index is 0.0184. The summed E-state index contributed by atoms with van der Waals surface area (Å²) in [5.74, 6) is 0.170. The normalized spacial score (nSPS) is 22.2. The Kier molecular flexibility index (Phi) is 5.94. The topological polar surface area (TPSA) is 105 Å². The van der Waals surface area contributed by atoms with Crippen LogP contribution in [0.15, 0.2) is 41.5 Å². The van der Waals surface area contributed by atoms with E-state index < -0.39 is 5.54 Å². The number of guanidine groups is 1. The fourth-order valence-electron chi connectivity index (χ4n) is 4.34. The lowest BCUT2D eigenvalue weighted by atomic mass is 9.85.